The van der Waals surface area contributed by atoms with Crippen molar-refractivity contribution < 1.29 is 31.1 Å². The second-order valence-corrected chi connectivity index (χ2v) is 15.0. The summed E-state index contributed by atoms with van der Waals surface area (Å²) in [5.41, 5.74) is -0.642. The van der Waals surface area contributed by atoms with Crippen LogP contribution in [0.25, 0.3) is 0 Å². The molecule has 0 radical (unpaired) electrons. The fourth-order valence-corrected chi connectivity index (χ4v) is 11.4. The Balaban J connectivity index is 1.63. The van der Waals surface area contributed by atoms with Crippen LogP contribution in [0.4, 0.5) is 0 Å². The molecule has 2 aliphatic heterocycles. The van der Waals surface area contributed by atoms with Crippen molar-refractivity contribution in [2.45, 2.75) is 83.5 Å². The highest BCUT2D eigenvalue weighted by Gasteiger charge is 2.75. The van der Waals surface area contributed by atoms with Crippen molar-refractivity contribution in [3.63, 3.8) is 0 Å². The molecule has 0 amide bonds. The minimum Gasteiger partial charge on any atom is -0.359 e. The lowest BCUT2D eigenvalue weighted by Gasteiger charge is -2.51. The van der Waals surface area contributed by atoms with E-state index < -0.39 is 35.4 Å². The average Bonchev–Trinajstić information content (AvgIpc) is 3.49. The molecule has 2 heterocycles. The van der Waals surface area contributed by atoms with Crippen LogP contribution >= 0.6 is 0 Å². The Morgan fingerprint density at radius 2 is 1.66 bits per heavy atom. The molecule has 3 aliphatic rings. The lowest BCUT2D eigenvalue weighted by atomic mass is 9.65. The first-order chi connectivity index (χ1) is 18.2. The molecule has 6 atom stereocenters. The van der Waals surface area contributed by atoms with Crippen molar-refractivity contribution in [3.05, 3.63) is 60.7 Å². The number of hydroxylamine groups is 2. The molecule has 5 rings (SSSR count). The molecule has 0 N–H and O–H groups in total. The first kappa shape index (κ1) is 27.7. The molecule has 0 aromatic heterocycles. The van der Waals surface area contributed by atoms with Crippen molar-refractivity contribution in [1.29, 1.82) is 0 Å². The standard InChI is InChI=1S/C28H37NO7S2/c1-3-4-16-24-25(35-21-34-2)17-11-18-27(24)20-28(38(32,33)23-14-9-6-10-15-23)26(19-29(27)36-28)37(30,31)22-12-7-5-8-13-22/h5-10,12-15,24-26H,3-4,11,16-21H2,1-2H3/t24-,25+,26?,27-,28?/m0/s1. The molecule has 8 nitrogen and oxygen atoms in total. The quantitative estimate of drug-likeness (QED) is 0.393. The van der Waals surface area contributed by atoms with Crippen LogP contribution in [0.3, 0.4) is 0 Å². The van der Waals surface area contributed by atoms with Gasteiger partial charge >= 0.3 is 0 Å². The van der Waals surface area contributed by atoms with Crippen molar-refractivity contribution in [2.24, 2.45) is 5.92 Å². The van der Waals surface area contributed by atoms with Crippen LogP contribution in [0.2, 0.25) is 0 Å². The van der Waals surface area contributed by atoms with E-state index in [2.05, 4.69) is 6.92 Å². The van der Waals surface area contributed by atoms with Crippen LogP contribution in [-0.2, 0) is 34.0 Å². The largest absolute Gasteiger partial charge is 0.359 e. The first-order valence-corrected chi connectivity index (χ1v) is 16.4. The maximum absolute atomic E-state index is 14.4. The van der Waals surface area contributed by atoms with Gasteiger partial charge in [-0.25, -0.2) is 16.8 Å². The molecular formula is C28H37NO7S2. The SMILES string of the molecule is CCCC[C@H]1[C@H](OCOC)CCC[C@]12CC1(S(=O)(=O)c3ccccc3)ON2CC1S(=O)(=O)c1ccccc1. The Kier molecular flexibility index (Phi) is 7.76. The third kappa shape index (κ3) is 4.33. The van der Waals surface area contributed by atoms with Crippen LogP contribution < -0.4 is 0 Å². The molecule has 2 saturated heterocycles. The number of nitrogens with zero attached hydrogens (tertiary/aromatic N) is 1. The van der Waals surface area contributed by atoms with Crippen molar-refractivity contribution >= 4 is 19.7 Å². The molecular weight excluding hydrogens is 526 g/mol. The van der Waals surface area contributed by atoms with Gasteiger partial charge in [-0.1, -0.05) is 56.2 Å². The van der Waals surface area contributed by atoms with E-state index in [0.717, 1.165) is 38.5 Å². The van der Waals surface area contributed by atoms with E-state index in [1.165, 1.54) is 24.3 Å². The highest BCUT2D eigenvalue weighted by molar-refractivity contribution is 7.96. The van der Waals surface area contributed by atoms with E-state index >= 15 is 0 Å². The average molecular weight is 564 g/mol. The lowest BCUT2D eigenvalue weighted by Crippen LogP contribution is -2.63. The third-order valence-corrected chi connectivity index (χ3v) is 13.3. The number of hydrogen-bond acceptors (Lipinski definition) is 8. The molecule has 208 valence electrons. The number of rotatable bonds is 10. The summed E-state index contributed by atoms with van der Waals surface area (Å²) in [7, 11) is -6.66. The van der Waals surface area contributed by atoms with Gasteiger partial charge in [0.15, 0.2) is 9.84 Å². The molecule has 2 aromatic carbocycles. The number of benzene rings is 2. The van der Waals surface area contributed by atoms with Gasteiger partial charge < -0.3 is 9.47 Å². The van der Waals surface area contributed by atoms with E-state index in [1.54, 1.807) is 48.6 Å². The molecule has 2 aromatic rings. The van der Waals surface area contributed by atoms with E-state index in [9.17, 15) is 16.8 Å². The maximum atomic E-state index is 14.4. The van der Waals surface area contributed by atoms with Crippen LogP contribution in [0, 0.1) is 5.92 Å². The minimum absolute atomic E-state index is 0.0110. The number of unbranched alkanes of at least 4 members (excludes halogenated alkanes) is 1. The van der Waals surface area contributed by atoms with E-state index in [4.69, 9.17) is 14.3 Å². The zero-order valence-electron chi connectivity index (χ0n) is 22.0. The monoisotopic (exact) mass is 563 g/mol. The summed E-state index contributed by atoms with van der Waals surface area (Å²) in [6.07, 6.45) is 5.13. The second kappa shape index (κ2) is 10.6. The lowest BCUT2D eigenvalue weighted by molar-refractivity contribution is -0.203. The smallest absolute Gasteiger partial charge is 0.214 e. The second-order valence-electron chi connectivity index (χ2n) is 10.7. The summed E-state index contributed by atoms with van der Waals surface area (Å²) in [5.74, 6) is -0.0143. The molecule has 1 saturated carbocycles. The Labute approximate surface area is 226 Å². The van der Waals surface area contributed by atoms with Gasteiger partial charge in [-0.3, -0.25) is 4.84 Å². The van der Waals surface area contributed by atoms with Gasteiger partial charge in [0.1, 0.15) is 12.0 Å². The minimum atomic E-state index is -4.21. The number of piperidine rings is 1. The van der Waals surface area contributed by atoms with Crippen molar-refractivity contribution in [2.75, 3.05) is 20.4 Å². The summed E-state index contributed by atoms with van der Waals surface area (Å²) in [5, 5.41) is 0.460. The van der Waals surface area contributed by atoms with Crippen molar-refractivity contribution in [3.8, 4) is 0 Å². The zero-order valence-corrected chi connectivity index (χ0v) is 23.6. The Hall–Kier alpha value is -1.82. The van der Waals surface area contributed by atoms with Gasteiger partial charge in [-0.15, -0.1) is 0 Å². The Bertz CT molecular complexity index is 1320. The normalized spacial score (nSPS) is 33.1. The van der Waals surface area contributed by atoms with Gasteiger partial charge in [-0.05, 0) is 49.9 Å². The van der Waals surface area contributed by atoms with E-state index in [-0.39, 0.29) is 41.6 Å². The maximum Gasteiger partial charge on any atom is 0.214 e. The summed E-state index contributed by atoms with van der Waals surface area (Å²) in [4.78, 5) is 4.67. The third-order valence-electron chi connectivity index (χ3n) is 8.60. The highest BCUT2D eigenvalue weighted by Crippen LogP contribution is 2.60. The summed E-state index contributed by atoms with van der Waals surface area (Å²) in [6, 6.07) is 16.2. The molecule has 1 aliphatic carbocycles. The predicted octanol–water partition coefficient (Wildman–Crippen LogP) is 4.37. The van der Waals surface area contributed by atoms with Gasteiger partial charge in [0, 0.05) is 26.0 Å². The van der Waals surface area contributed by atoms with Gasteiger partial charge in [0.2, 0.25) is 14.8 Å². The Morgan fingerprint density at radius 1 is 1.00 bits per heavy atom. The van der Waals surface area contributed by atoms with Gasteiger partial charge in [-0.2, -0.15) is 5.06 Å². The topological polar surface area (TPSA) is 99.2 Å². The Morgan fingerprint density at radius 3 is 2.29 bits per heavy atom. The highest BCUT2D eigenvalue weighted by atomic mass is 32.2. The first-order valence-electron chi connectivity index (χ1n) is 13.4. The van der Waals surface area contributed by atoms with Crippen LogP contribution in [0.1, 0.15) is 51.9 Å². The van der Waals surface area contributed by atoms with Crippen LogP contribution in [0.5, 0.6) is 0 Å². The van der Waals surface area contributed by atoms with Gasteiger partial charge in [0.25, 0.3) is 0 Å². The predicted molar refractivity (Wildman–Crippen MR) is 143 cm³/mol. The van der Waals surface area contributed by atoms with Gasteiger partial charge in [0.05, 0.1) is 21.4 Å². The molecule has 2 bridgehead atoms. The van der Waals surface area contributed by atoms with Crippen LogP contribution in [-0.4, -0.2) is 64.2 Å². The molecule has 3 unspecified atom stereocenters. The molecule has 10 heteroatoms. The molecule has 38 heavy (non-hydrogen) atoms. The molecule has 3 fully saturated rings. The van der Waals surface area contributed by atoms with Crippen LogP contribution in [0.15, 0.2) is 70.5 Å². The van der Waals surface area contributed by atoms with Crippen molar-refractivity contribution in [1.82, 2.24) is 5.06 Å². The van der Waals surface area contributed by atoms with E-state index in [0.29, 0.717) is 0 Å². The molecule has 1 spiro atoms. The fraction of sp³-hybridized carbons (Fsp3) is 0.571. The summed E-state index contributed by atoms with van der Waals surface area (Å²) >= 11 is 0. The number of sulfone groups is 2. The number of fused-ring (bicyclic) bond motifs is 3. The number of hydrogen-bond donors (Lipinski definition) is 0. The number of methoxy groups -OCH3 is 1. The van der Waals surface area contributed by atoms with E-state index in [1.807, 2.05) is 0 Å². The zero-order chi connectivity index (χ0) is 27.0. The fourth-order valence-electron chi connectivity index (χ4n) is 6.84. The summed E-state index contributed by atoms with van der Waals surface area (Å²) in [6.45, 7) is 2.27. The summed E-state index contributed by atoms with van der Waals surface area (Å²) < 4.78 is 68.3. The number of ether oxygens (including phenoxy) is 2.